The summed E-state index contributed by atoms with van der Waals surface area (Å²) in [5, 5.41) is 47.5. The number of benzene rings is 3. The third-order valence-electron chi connectivity index (χ3n) is 13.8. The number of carbonyl (C=O) groups excluding carboxylic acids is 1. The Kier molecular flexibility index (Phi) is 14.2. The van der Waals surface area contributed by atoms with Gasteiger partial charge in [-0.25, -0.2) is 4.98 Å². The van der Waals surface area contributed by atoms with Crippen molar-refractivity contribution in [2.75, 3.05) is 70.9 Å². The summed E-state index contributed by atoms with van der Waals surface area (Å²) in [7, 11) is 4.69. The molecule has 1 saturated heterocycles. The number of amides is 1. The molecule has 0 spiro atoms. The van der Waals surface area contributed by atoms with Gasteiger partial charge >= 0.3 is 5.79 Å². The molecule has 4 aliphatic heterocycles. The lowest BCUT2D eigenvalue weighted by Gasteiger charge is -2.38. The molecule has 5 bridgehead atoms. The summed E-state index contributed by atoms with van der Waals surface area (Å²) in [5.74, 6) is -4.91. The van der Waals surface area contributed by atoms with E-state index >= 15 is 0 Å². The monoisotopic (exact) mass is 914 g/mol. The van der Waals surface area contributed by atoms with Crippen LogP contribution in [-0.4, -0.2) is 127 Å². The van der Waals surface area contributed by atoms with Gasteiger partial charge in [0.15, 0.2) is 22.4 Å². The number of β-amino-alcohol motifs (C(OH)–C–C–N with tert-alkyl or cyclic N) is 1. The number of hydrogen-bond acceptors (Lipinski definition) is 16. The van der Waals surface area contributed by atoms with E-state index in [2.05, 4.69) is 10.2 Å². The van der Waals surface area contributed by atoms with Gasteiger partial charge in [0.25, 0.3) is 5.91 Å². The number of aliphatic hydroxyl groups excluding tert-OH is 3. The van der Waals surface area contributed by atoms with Crippen LogP contribution in [0.4, 0.5) is 11.4 Å². The van der Waals surface area contributed by atoms with Crippen molar-refractivity contribution in [3.8, 4) is 11.5 Å². The number of aliphatic hydroxyl groups is 3. The Labute approximate surface area is 382 Å². The number of carbonyl (C=O) groups is 1. The second-order valence-electron chi connectivity index (χ2n) is 17.9. The molecule has 1 fully saturated rings. The second kappa shape index (κ2) is 19.3. The topological polar surface area (TPSA) is 223 Å². The molecule has 5 heterocycles. The van der Waals surface area contributed by atoms with Crippen LogP contribution in [0.1, 0.15) is 47.1 Å². The number of fused-ring (bicyclic) bond motifs is 14. The molecule has 17 heteroatoms. The fraction of sp³-hybridized carbons (Fsp3) is 0.510. The van der Waals surface area contributed by atoms with Crippen LogP contribution in [-0.2, 0) is 23.7 Å². The van der Waals surface area contributed by atoms with Crippen LogP contribution in [0.5, 0.6) is 11.5 Å². The number of phenols is 1. The summed E-state index contributed by atoms with van der Waals surface area (Å²) in [6.07, 6.45) is 5.68. The zero-order chi connectivity index (χ0) is 47.9. The summed E-state index contributed by atoms with van der Waals surface area (Å²) in [5.41, 5.74) is -1.24. The predicted molar refractivity (Wildman–Crippen MR) is 251 cm³/mol. The van der Waals surface area contributed by atoms with E-state index in [1.54, 1.807) is 45.4 Å². The maximum absolute atomic E-state index is 14.9. The quantitative estimate of drug-likeness (QED) is 0.134. The number of anilines is 2. The third-order valence-corrected chi connectivity index (χ3v) is 13.8. The molecule has 4 aliphatic rings. The summed E-state index contributed by atoms with van der Waals surface area (Å²) in [4.78, 5) is 51.9. The molecule has 0 saturated carbocycles. The number of allylic oxidation sites excluding steroid dienone is 2. The lowest BCUT2D eigenvalue weighted by Crippen LogP contribution is -2.47. The molecule has 0 aliphatic carbocycles. The van der Waals surface area contributed by atoms with Gasteiger partial charge in [-0.2, -0.15) is 0 Å². The number of nitrogens with one attached hydrogen (secondary N) is 1. The fourth-order valence-electron chi connectivity index (χ4n) is 9.87. The Balaban J connectivity index is 1.47. The predicted octanol–water partition coefficient (Wildman–Crippen LogP) is 4.41. The highest BCUT2D eigenvalue weighted by Crippen LogP contribution is 2.42. The standard InChI is InChI=1S/C49H62N4O13/c1-24-12-11-13-25(2)48(60)51-39-42(58)35-34(38-46(39)65-33-23-30(22-31(55)37(33)50-38)53-17-15-52(16-18-53)19-20-54)36-45(29(6)41(35)57)66-49(7,47(36)59)64-21-14-32(61-8)26(3)44(63-10)28(5)40(56)27(4)43(24)62-9/h11-14,21-24,26-28,32,40,43-44,54,56-57,59H,15-20H2,1-10H3,(H,51,60)/b12-11+,21-14+,25-13-/t24-,26+,27-,28+,32-,40+,43-,44+,49-/m0/s1. The van der Waals surface area contributed by atoms with Crippen molar-refractivity contribution in [3.63, 3.8) is 0 Å². The number of aromatic nitrogens is 1. The lowest BCUT2D eigenvalue weighted by atomic mass is 9.78. The Morgan fingerprint density at radius 2 is 1.58 bits per heavy atom. The molecule has 3 aromatic carbocycles. The van der Waals surface area contributed by atoms with E-state index in [1.807, 2.05) is 38.7 Å². The van der Waals surface area contributed by atoms with Crippen LogP contribution >= 0.6 is 0 Å². The minimum Gasteiger partial charge on any atom is -0.507 e. The molecule has 0 unspecified atom stereocenters. The van der Waals surface area contributed by atoms with Gasteiger partial charge in [0.2, 0.25) is 10.9 Å². The fourth-order valence-corrected chi connectivity index (χ4v) is 9.87. The largest absolute Gasteiger partial charge is 0.507 e. The number of aromatic hydroxyl groups is 1. The van der Waals surface area contributed by atoms with Gasteiger partial charge in [-0.05, 0) is 19.9 Å². The number of ether oxygens (including phenoxy) is 5. The lowest BCUT2D eigenvalue weighted by molar-refractivity contribution is -0.112. The van der Waals surface area contributed by atoms with Crippen molar-refractivity contribution in [1.82, 2.24) is 9.88 Å². The van der Waals surface area contributed by atoms with E-state index in [0.29, 0.717) is 38.4 Å². The maximum atomic E-state index is 14.9. The Hall–Kier alpha value is -5.56. The minimum absolute atomic E-state index is 0.0152. The number of nitrogens with zero attached hydrogens (tertiary/aromatic N) is 3. The Bertz CT molecular complexity index is 2780. The van der Waals surface area contributed by atoms with Crippen molar-refractivity contribution in [3.05, 3.63) is 79.5 Å². The summed E-state index contributed by atoms with van der Waals surface area (Å²) >= 11 is 0. The van der Waals surface area contributed by atoms with Gasteiger partial charge in [-0.15, -0.1) is 0 Å². The Morgan fingerprint density at radius 1 is 0.894 bits per heavy atom. The van der Waals surface area contributed by atoms with Crippen LogP contribution in [0.15, 0.2) is 62.3 Å². The molecule has 0 radical (unpaired) electrons. The normalized spacial score (nSPS) is 30.1. The van der Waals surface area contributed by atoms with Crippen LogP contribution in [0.3, 0.4) is 0 Å². The Morgan fingerprint density at radius 3 is 2.23 bits per heavy atom. The number of hydrogen-bond donors (Lipinski definition) is 5. The molecule has 1 amide bonds. The molecule has 1 aromatic heterocycles. The summed E-state index contributed by atoms with van der Waals surface area (Å²) in [6.45, 7) is 15.3. The third kappa shape index (κ3) is 8.63. The van der Waals surface area contributed by atoms with Crippen molar-refractivity contribution in [2.45, 2.75) is 78.7 Å². The van der Waals surface area contributed by atoms with Gasteiger partial charge in [-0.1, -0.05) is 45.9 Å². The molecule has 356 valence electrons. The first kappa shape index (κ1) is 48.4. The summed E-state index contributed by atoms with van der Waals surface area (Å²) < 4.78 is 36.8. The van der Waals surface area contributed by atoms with Crippen molar-refractivity contribution in [2.24, 2.45) is 23.7 Å². The zero-order valence-corrected chi connectivity index (χ0v) is 39.2. The number of phenolic OH excluding ortho intramolecular Hbond substituents is 1. The van der Waals surface area contributed by atoms with E-state index in [-0.39, 0.29) is 91.0 Å². The average molecular weight is 915 g/mol. The van der Waals surface area contributed by atoms with Crippen molar-refractivity contribution < 1.29 is 53.3 Å². The van der Waals surface area contributed by atoms with Crippen LogP contribution in [0.2, 0.25) is 0 Å². The van der Waals surface area contributed by atoms with Gasteiger partial charge in [0, 0.05) is 119 Å². The van der Waals surface area contributed by atoms with E-state index in [1.165, 1.54) is 33.3 Å². The van der Waals surface area contributed by atoms with Crippen molar-refractivity contribution >= 4 is 56.0 Å². The first-order valence-corrected chi connectivity index (χ1v) is 22.3. The first-order chi connectivity index (χ1) is 31.4. The smallest absolute Gasteiger partial charge is 0.307 e. The molecule has 8 rings (SSSR count). The molecule has 4 aromatic rings. The molecule has 5 N–H and O–H groups in total. The number of methoxy groups -OCH3 is 3. The first-order valence-electron chi connectivity index (χ1n) is 22.3. The number of rotatable bonds is 6. The van der Waals surface area contributed by atoms with E-state index < -0.39 is 58.5 Å². The zero-order valence-electron chi connectivity index (χ0n) is 39.2. The SMILES string of the molecule is CO[C@H]1[C@H](C)[C@H](O)[C@H](C)[C@@H](OC)[C@@H](C)/C=C/C=C(/C)C(=O)Nc2c(=O)c3c(O)c(C)c4c(c3c3nc5c(=O)cc(N6CCN(CCO)CC6)cc5oc23)=C(O)[C@@](C)(O/C=C/[C@H](OC)[C@H]1C)O4. The average Bonchev–Trinajstić information content (AvgIpc) is 3.56. The van der Waals surface area contributed by atoms with Crippen LogP contribution in [0.25, 0.3) is 38.7 Å². The maximum Gasteiger partial charge on any atom is 0.307 e. The highest BCUT2D eigenvalue weighted by atomic mass is 16.7. The highest BCUT2D eigenvalue weighted by molar-refractivity contribution is 6.16. The molecule has 66 heavy (non-hydrogen) atoms. The van der Waals surface area contributed by atoms with Gasteiger partial charge in [0.1, 0.15) is 22.7 Å². The van der Waals surface area contributed by atoms with Gasteiger partial charge in [-0.3, -0.25) is 19.3 Å². The summed E-state index contributed by atoms with van der Waals surface area (Å²) in [6, 6.07) is 3.10. The second-order valence-corrected chi connectivity index (χ2v) is 17.9. The molecule has 17 nitrogen and oxygen atoms in total. The van der Waals surface area contributed by atoms with E-state index in [9.17, 15) is 34.8 Å². The van der Waals surface area contributed by atoms with Crippen LogP contribution in [0, 0.1) is 30.6 Å². The molecular weight excluding hydrogens is 853 g/mol. The highest BCUT2D eigenvalue weighted by Gasteiger charge is 2.44. The van der Waals surface area contributed by atoms with Gasteiger partial charge < -0.3 is 58.7 Å². The van der Waals surface area contributed by atoms with E-state index in [0.717, 1.165) is 0 Å². The van der Waals surface area contributed by atoms with E-state index in [4.69, 9.17) is 33.1 Å². The van der Waals surface area contributed by atoms with Crippen LogP contribution < -0.4 is 31.0 Å². The minimum atomic E-state index is -1.92. The van der Waals surface area contributed by atoms with Crippen molar-refractivity contribution in [1.29, 1.82) is 0 Å². The molecule has 9 atom stereocenters. The number of piperazine rings is 1. The molecular formula is C49H62N4O13. The van der Waals surface area contributed by atoms with Gasteiger partial charge in [0.05, 0.1) is 47.9 Å².